The maximum atomic E-state index is 13.6. The Morgan fingerprint density at radius 1 is 1.00 bits per heavy atom. The second-order valence-electron chi connectivity index (χ2n) is 6.16. The molecule has 3 rings (SSSR count). The Kier molecular flexibility index (Phi) is 5.82. The van der Waals surface area contributed by atoms with Crippen molar-refractivity contribution in [1.82, 2.24) is 15.6 Å². The number of hydrogen-bond acceptors (Lipinski definition) is 3. The van der Waals surface area contributed by atoms with E-state index in [1.807, 2.05) is 12.1 Å². The summed E-state index contributed by atoms with van der Waals surface area (Å²) in [7, 11) is 0. The van der Waals surface area contributed by atoms with Crippen LogP contribution in [0.1, 0.15) is 30.4 Å². The lowest BCUT2D eigenvalue weighted by Gasteiger charge is -2.29. The van der Waals surface area contributed by atoms with Crippen LogP contribution in [0.4, 0.5) is 15.0 Å². The van der Waals surface area contributed by atoms with Crippen molar-refractivity contribution >= 4 is 11.8 Å². The Morgan fingerprint density at radius 2 is 1.68 bits per heavy atom. The number of nitrogens with zero attached hydrogens (tertiary/aromatic N) is 2. The molecule has 132 valence electrons. The molecule has 0 bridgehead atoms. The van der Waals surface area contributed by atoms with Crippen molar-refractivity contribution in [2.45, 2.75) is 32.4 Å². The Bertz CT molecular complexity index is 716. The average Bonchev–Trinajstić information content (AvgIpc) is 2.66. The minimum atomic E-state index is -0.322. The Balaban J connectivity index is 1.54. The third-order valence-electron chi connectivity index (χ3n) is 4.36. The van der Waals surface area contributed by atoms with Gasteiger partial charge >= 0.3 is 6.03 Å². The second kappa shape index (κ2) is 8.46. The largest absolute Gasteiger partial charge is 0.356 e. The number of carbonyl (C=O) groups excluding carboxylic acids is 1. The first kappa shape index (κ1) is 17.2. The number of hydrogen-bond donors (Lipinski definition) is 2. The van der Waals surface area contributed by atoms with Gasteiger partial charge in [0.25, 0.3) is 0 Å². The van der Waals surface area contributed by atoms with Gasteiger partial charge in [-0.3, -0.25) is 0 Å². The summed E-state index contributed by atoms with van der Waals surface area (Å²) in [6.07, 6.45) is 5.39. The molecule has 2 aromatic rings. The topological polar surface area (TPSA) is 57.3 Å². The fourth-order valence-corrected chi connectivity index (χ4v) is 3.01. The fourth-order valence-electron chi connectivity index (χ4n) is 3.01. The molecule has 2 amide bonds. The number of aromatic nitrogens is 1. The van der Waals surface area contributed by atoms with E-state index in [2.05, 4.69) is 20.5 Å². The first-order chi connectivity index (χ1) is 12.2. The number of pyridine rings is 1. The van der Waals surface area contributed by atoms with Gasteiger partial charge in [0, 0.05) is 43.5 Å². The van der Waals surface area contributed by atoms with Gasteiger partial charge in [0.1, 0.15) is 11.6 Å². The maximum absolute atomic E-state index is 13.6. The summed E-state index contributed by atoms with van der Waals surface area (Å²) in [4.78, 5) is 18.8. The average molecular weight is 342 g/mol. The molecule has 0 unspecified atom stereocenters. The molecular weight excluding hydrogens is 319 g/mol. The van der Waals surface area contributed by atoms with Gasteiger partial charge in [0.05, 0.1) is 0 Å². The molecule has 0 spiro atoms. The molecule has 1 saturated heterocycles. The molecule has 1 aromatic carbocycles. The van der Waals surface area contributed by atoms with Crippen LogP contribution in [0.15, 0.2) is 42.6 Å². The van der Waals surface area contributed by atoms with Crippen LogP contribution < -0.4 is 15.5 Å². The van der Waals surface area contributed by atoms with Crippen molar-refractivity contribution in [2.75, 3.05) is 18.0 Å². The number of nitrogens with one attached hydrogen (secondary N) is 2. The van der Waals surface area contributed by atoms with Crippen molar-refractivity contribution in [1.29, 1.82) is 0 Å². The molecule has 1 aliphatic heterocycles. The number of carbonyl (C=O) groups is 1. The lowest BCUT2D eigenvalue weighted by Crippen LogP contribution is -2.36. The molecular formula is C19H23FN4O. The van der Waals surface area contributed by atoms with E-state index in [1.165, 1.54) is 25.3 Å². The van der Waals surface area contributed by atoms with Gasteiger partial charge < -0.3 is 15.5 Å². The zero-order valence-electron chi connectivity index (χ0n) is 14.2. The van der Waals surface area contributed by atoms with Crippen LogP contribution in [-0.4, -0.2) is 24.1 Å². The molecule has 1 fully saturated rings. The SMILES string of the molecule is O=C(NCc1ccccc1F)NCc1cccnc1N1CCCCC1. The summed E-state index contributed by atoms with van der Waals surface area (Å²) in [6.45, 7) is 2.56. The summed E-state index contributed by atoms with van der Waals surface area (Å²) in [5.74, 6) is 0.624. The molecule has 0 radical (unpaired) electrons. The van der Waals surface area contributed by atoms with Crippen molar-refractivity contribution in [3.8, 4) is 0 Å². The minimum Gasteiger partial charge on any atom is -0.356 e. The van der Waals surface area contributed by atoms with Gasteiger partial charge in [-0.15, -0.1) is 0 Å². The minimum absolute atomic E-state index is 0.157. The number of anilines is 1. The highest BCUT2D eigenvalue weighted by atomic mass is 19.1. The van der Waals surface area contributed by atoms with Crippen LogP contribution in [0, 0.1) is 5.82 Å². The molecule has 0 aliphatic carbocycles. The van der Waals surface area contributed by atoms with E-state index < -0.39 is 0 Å². The number of piperidine rings is 1. The van der Waals surface area contributed by atoms with Crippen molar-refractivity contribution in [3.05, 3.63) is 59.5 Å². The molecule has 5 nitrogen and oxygen atoms in total. The highest BCUT2D eigenvalue weighted by molar-refractivity contribution is 5.74. The third kappa shape index (κ3) is 4.68. The van der Waals surface area contributed by atoms with Crippen LogP contribution in [0.3, 0.4) is 0 Å². The predicted octanol–water partition coefficient (Wildman–Crippen LogP) is 3.21. The predicted molar refractivity (Wildman–Crippen MR) is 95.8 cm³/mol. The number of benzene rings is 1. The summed E-state index contributed by atoms with van der Waals surface area (Å²) >= 11 is 0. The van der Waals surface area contributed by atoms with E-state index in [0.29, 0.717) is 12.1 Å². The molecule has 6 heteroatoms. The number of rotatable bonds is 5. The normalized spacial score (nSPS) is 14.2. The van der Waals surface area contributed by atoms with Crippen molar-refractivity contribution < 1.29 is 9.18 Å². The molecule has 1 aromatic heterocycles. The molecule has 25 heavy (non-hydrogen) atoms. The van der Waals surface area contributed by atoms with Crippen LogP contribution in [0.5, 0.6) is 0 Å². The number of urea groups is 1. The smallest absolute Gasteiger partial charge is 0.315 e. The van der Waals surface area contributed by atoms with E-state index in [-0.39, 0.29) is 18.4 Å². The van der Waals surface area contributed by atoms with Gasteiger partial charge in [-0.2, -0.15) is 0 Å². The van der Waals surface area contributed by atoms with Gasteiger partial charge in [0.15, 0.2) is 0 Å². The first-order valence-corrected chi connectivity index (χ1v) is 8.68. The van der Waals surface area contributed by atoms with Crippen molar-refractivity contribution in [2.24, 2.45) is 0 Å². The Morgan fingerprint density at radius 3 is 2.44 bits per heavy atom. The van der Waals surface area contributed by atoms with E-state index in [1.54, 1.807) is 24.4 Å². The number of halogens is 1. The van der Waals surface area contributed by atoms with Crippen LogP contribution in [0.25, 0.3) is 0 Å². The van der Waals surface area contributed by atoms with E-state index in [9.17, 15) is 9.18 Å². The van der Waals surface area contributed by atoms with Gasteiger partial charge in [-0.1, -0.05) is 24.3 Å². The lowest BCUT2D eigenvalue weighted by molar-refractivity contribution is 0.240. The molecule has 0 saturated carbocycles. The zero-order valence-corrected chi connectivity index (χ0v) is 14.2. The molecule has 0 atom stereocenters. The van der Waals surface area contributed by atoms with Crippen LogP contribution in [-0.2, 0) is 13.1 Å². The quantitative estimate of drug-likeness (QED) is 0.877. The Labute approximate surface area is 147 Å². The van der Waals surface area contributed by atoms with Gasteiger partial charge in [0.2, 0.25) is 0 Å². The summed E-state index contributed by atoms with van der Waals surface area (Å²) < 4.78 is 13.6. The van der Waals surface area contributed by atoms with E-state index in [4.69, 9.17) is 0 Å². The summed E-state index contributed by atoms with van der Waals surface area (Å²) in [5.41, 5.74) is 1.46. The highest BCUT2D eigenvalue weighted by Crippen LogP contribution is 2.21. The number of amides is 2. The zero-order chi connectivity index (χ0) is 17.5. The van der Waals surface area contributed by atoms with Crippen LogP contribution >= 0.6 is 0 Å². The Hall–Kier alpha value is -2.63. The summed E-state index contributed by atoms with van der Waals surface area (Å²) in [6, 6.07) is 9.95. The van der Waals surface area contributed by atoms with E-state index >= 15 is 0 Å². The second-order valence-corrected chi connectivity index (χ2v) is 6.16. The first-order valence-electron chi connectivity index (χ1n) is 8.68. The molecule has 2 N–H and O–H groups in total. The monoisotopic (exact) mass is 342 g/mol. The van der Waals surface area contributed by atoms with E-state index in [0.717, 1.165) is 24.5 Å². The maximum Gasteiger partial charge on any atom is 0.315 e. The molecule has 2 heterocycles. The summed E-state index contributed by atoms with van der Waals surface area (Å²) in [5, 5.41) is 5.51. The lowest BCUT2D eigenvalue weighted by atomic mass is 10.1. The highest BCUT2D eigenvalue weighted by Gasteiger charge is 2.15. The third-order valence-corrected chi connectivity index (χ3v) is 4.36. The standard InChI is InChI=1S/C19H23FN4O/c20-17-9-3-2-7-15(17)13-22-19(25)23-14-16-8-6-10-21-18(16)24-11-4-1-5-12-24/h2-3,6-10H,1,4-5,11-14H2,(H2,22,23,25). The van der Waals surface area contributed by atoms with Gasteiger partial charge in [-0.05, 0) is 31.4 Å². The van der Waals surface area contributed by atoms with Gasteiger partial charge in [-0.25, -0.2) is 14.2 Å². The van der Waals surface area contributed by atoms with Crippen LogP contribution in [0.2, 0.25) is 0 Å². The fraction of sp³-hybridized carbons (Fsp3) is 0.368. The molecule has 1 aliphatic rings. The van der Waals surface area contributed by atoms with Crippen molar-refractivity contribution in [3.63, 3.8) is 0 Å².